The summed E-state index contributed by atoms with van der Waals surface area (Å²) < 4.78 is 26.5. The topological polar surface area (TPSA) is 50.3 Å². The molecule has 0 aromatic carbocycles. The van der Waals surface area contributed by atoms with Crippen molar-refractivity contribution in [3.63, 3.8) is 0 Å². The minimum atomic E-state index is -3.47. The summed E-state index contributed by atoms with van der Waals surface area (Å²) in [5.74, 6) is 0.697. The van der Waals surface area contributed by atoms with Crippen molar-refractivity contribution in [2.24, 2.45) is 5.92 Å². The Morgan fingerprint density at radius 1 is 1.32 bits per heavy atom. The van der Waals surface area contributed by atoms with Crippen LogP contribution >= 0.6 is 11.6 Å². The third-order valence-corrected chi connectivity index (χ3v) is 5.99. The number of sulfonamides is 1. The van der Waals surface area contributed by atoms with Crippen LogP contribution in [-0.2, 0) is 10.0 Å². The van der Waals surface area contributed by atoms with E-state index in [0.29, 0.717) is 5.92 Å². The summed E-state index contributed by atoms with van der Waals surface area (Å²) in [5, 5.41) is 0.201. The van der Waals surface area contributed by atoms with Crippen molar-refractivity contribution in [1.29, 1.82) is 0 Å². The first kappa shape index (κ1) is 14.8. The maximum atomic E-state index is 12.5. The van der Waals surface area contributed by atoms with Crippen LogP contribution < -0.4 is 0 Å². The summed E-state index contributed by atoms with van der Waals surface area (Å²) in [6.45, 7) is 2.22. The zero-order valence-corrected chi connectivity index (χ0v) is 12.8. The van der Waals surface area contributed by atoms with E-state index in [1.807, 2.05) is 0 Å². The molecule has 1 saturated carbocycles. The minimum Gasteiger partial charge on any atom is -0.244 e. The van der Waals surface area contributed by atoms with Crippen LogP contribution in [-0.4, -0.2) is 30.8 Å². The van der Waals surface area contributed by atoms with Gasteiger partial charge in [-0.2, -0.15) is 4.31 Å². The molecule has 1 fully saturated rings. The van der Waals surface area contributed by atoms with Crippen LogP contribution in [0.1, 0.15) is 32.6 Å². The molecule has 0 atom stereocenters. The second-order valence-corrected chi connectivity index (χ2v) is 7.63. The van der Waals surface area contributed by atoms with E-state index >= 15 is 0 Å². The molecule has 1 aromatic rings. The van der Waals surface area contributed by atoms with E-state index in [1.165, 1.54) is 22.6 Å². The Balaban J connectivity index is 2.20. The predicted molar refractivity (Wildman–Crippen MR) is 75.6 cm³/mol. The third-order valence-electron chi connectivity index (χ3n) is 3.87. The first-order chi connectivity index (χ1) is 8.91. The van der Waals surface area contributed by atoms with Gasteiger partial charge >= 0.3 is 0 Å². The first-order valence-corrected chi connectivity index (χ1v) is 8.32. The summed E-state index contributed by atoms with van der Waals surface area (Å²) in [5.41, 5.74) is 0. The molecule has 0 bridgehead atoms. The molecule has 4 nitrogen and oxygen atoms in total. The van der Waals surface area contributed by atoms with Crippen molar-refractivity contribution in [3.8, 4) is 0 Å². The van der Waals surface area contributed by atoms with Gasteiger partial charge in [0.05, 0.1) is 4.90 Å². The molecule has 2 rings (SSSR count). The molecule has 106 valence electrons. The molecule has 1 heterocycles. The smallest absolute Gasteiger partial charge is 0.243 e. The van der Waals surface area contributed by atoms with Crippen LogP contribution in [0.4, 0.5) is 0 Å². The average Bonchev–Trinajstić information content (AvgIpc) is 2.39. The number of hydrogen-bond acceptors (Lipinski definition) is 3. The lowest BCUT2D eigenvalue weighted by molar-refractivity contribution is 0.246. The van der Waals surface area contributed by atoms with Crippen molar-refractivity contribution in [1.82, 2.24) is 9.29 Å². The van der Waals surface area contributed by atoms with Gasteiger partial charge in [0.25, 0.3) is 0 Å². The SMILES string of the molecule is CC1CCC(N(C)S(=O)(=O)c2ccnc(Cl)c2)CC1. The van der Waals surface area contributed by atoms with Gasteiger partial charge in [0.15, 0.2) is 0 Å². The maximum Gasteiger partial charge on any atom is 0.243 e. The lowest BCUT2D eigenvalue weighted by Crippen LogP contribution is -2.39. The van der Waals surface area contributed by atoms with Gasteiger partial charge in [-0.3, -0.25) is 0 Å². The second kappa shape index (κ2) is 5.77. The van der Waals surface area contributed by atoms with E-state index in [0.717, 1.165) is 25.7 Å². The Labute approximate surface area is 119 Å². The predicted octanol–water partition coefficient (Wildman–Crippen LogP) is 2.93. The lowest BCUT2D eigenvalue weighted by atomic mass is 9.87. The van der Waals surface area contributed by atoms with Gasteiger partial charge in [0, 0.05) is 19.3 Å². The fraction of sp³-hybridized carbons (Fsp3) is 0.615. The summed E-state index contributed by atoms with van der Waals surface area (Å²) >= 11 is 5.77. The van der Waals surface area contributed by atoms with Gasteiger partial charge in [-0.15, -0.1) is 0 Å². The summed E-state index contributed by atoms with van der Waals surface area (Å²) in [6.07, 6.45) is 5.45. The number of nitrogens with zero attached hydrogens (tertiary/aromatic N) is 2. The molecule has 19 heavy (non-hydrogen) atoms. The van der Waals surface area contributed by atoms with Gasteiger partial charge in [-0.25, -0.2) is 13.4 Å². The molecule has 1 aliphatic carbocycles. The van der Waals surface area contributed by atoms with Crippen molar-refractivity contribution in [2.45, 2.75) is 43.5 Å². The number of rotatable bonds is 3. The summed E-state index contributed by atoms with van der Waals surface area (Å²) in [7, 11) is -1.81. The minimum absolute atomic E-state index is 0.0909. The number of aromatic nitrogens is 1. The molecule has 0 amide bonds. The van der Waals surface area contributed by atoms with Gasteiger partial charge in [0.1, 0.15) is 5.15 Å². The van der Waals surface area contributed by atoms with E-state index in [9.17, 15) is 8.42 Å². The highest BCUT2D eigenvalue weighted by Gasteiger charge is 2.30. The number of halogens is 1. The van der Waals surface area contributed by atoms with Crippen LogP contribution in [0.5, 0.6) is 0 Å². The second-order valence-electron chi connectivity index (χ2n) is 5.25. The van der Waals surface area contributed by atoms with E-state index in [-0.39, 0.29) is 16.1 Å². The van der Waals surface area contributed by atoms with Crippen LogP contribution in [0.2, 0.25) is 5.15 Å². The summed E-state index contributed by atoms with van der Waals surface area (Å²) in [6, 6.07) is 2.98. The molecule has 0 spiro atoms. The van der Waals surface area contributed by atoms with Gasteiger partial charge in [-0.05, 0) is 43.7 Å². The maximum absolute atomic E-state index is 12.5. The normalized spacial score (nSPS) is 24.6. The Kier molecular flexibility index (Phi) is 4.48. The van der Waals surface area contributed by atoms with Crippen molar-refractivity contribution >= 4 is 21.6 Å². The first-order valence-electron chi connectivity index (χ1n) is 6.51. The third kappa shape index (κ3) is 3.27. The fourth-order valence-electron chi connectivity index (χ4n) is 2.51. The molecular formula is C13H19ClN2O2S. The highest BCUT2D eigenvalue weighted by atomic mass is 35.5. The molecule has 6 heteroatoms. The quantitative estimate of drug-likeness (QED) is 0.807. The number of pyridine rings is 1. The van der Waals surface area contributed by atoms with Crippen LogP contribution in [0.25, 0.3) is 0 Å². The van der Waals surface area contributed by atoms with Gasteiger partial charge in [-0.1, -0.05) is 18.5 Å². The molecule has 0 unspecified atom stereocenters. The molecule has 0 saturated heterocycles. The van der Waals surface area contributed by atoms with Crippen molar-refractivity contribution in [2.75, 3.05) is 7.05 Å². The highest BCUT2D eigenvalue weighted by molar-refractivity contribution is 7.89. The Hall–Kier alpha value is -0.650. The Morgan fingerprint density at radius 3 is 2.53 bits per heavy atom. The lowest BCUT2D eigenvalue weighted by Gasteiger charge is -2.32. The molecular weight excluding hydrogens is 284 g/mol. The fourth-order valence-corrected chi connectivity index (χ4v) is 4.18. The van der Waals surface area contributed by atoms with Gasteiger partial charge < -0.3 is 0 Å². The van der Waals surface area contributed by atoms with Crippen molar-refractivity contribution < 1.29 is 8.42 Å². The standard InChI is InChI=1S/C13H19ClN2O2S/c1-10-3-5-11(6-4-10)16(2)19(17,18)12-7-8-15-13(14)9-12/h7-11H,3-6H2,1-2H3. The number of hydrogen-bond donors (Lipinski definition) is 0. The highest BCUT2D eigenvalue weighted by Crippen LogP contribution is 2.29. The van der Waals surface area contributed by atoms with E-state index in [4.69, 9.17) is 11.6 Å². The largest absolute Gasteiger partial charge is 0.244 e. The molecule has 0 N–H and O–H groups in total. The zero-order valence-electron chi connectivity index (χ0n) is 11.2. The zero-order chi connectivity index (χ0) is 14.0. The molecule has 0 radical (unpaired) electrons. The van der Waals surface area contributed by atoms with Crippen molar-refractivity contribution in [3.05, 3.63) is 23.5 Å². The van der Waals surface area contributed by atoms with E-state index < -0.39 is 10.0 Å². The van der Waals surface area contributed by atoms with E-state index in [1.54, 1.807) is 7.05 Å². The molecule has 0 aliphatic heterocycles. The average molecular weight is 303 g/mol. The van der Waals surface area contributed by atoms with Gasteiger partial charge in [0.2, 0.25) is 10.0 Å². The monoisotopic (exact) mass is 302 g/mol. The van der Waals surface area contributed by atoms with Crippen LogP contribution in [0.15, 0.2) is 23.2 Å². The van der Waals surface area contributed by atoms with Crippen LogP contribution in [0.3, 0.4) is 0 Å². The van der Waals surface area contributed by atoms with E-state index in [2.05, 4.69) is 11.9 Å². The van der Waals surface area contributed by atoms with Crippen LogP contribution in [0, 0.1) is 5.92 Å². The molecule has 1 aliphatic rings. The Morgan fingerprint density at radius 2 is 1.95 bits per heavy atom. The molecule has 1 aromatic heterocycles. The Bertz CT molecular complexity index is 539. The summed E-state index contributed by atoms with van der Waals surface area (Å²) in [4.78, 5) is 4.03.